The van der Waals surface area contributed by atoms with Crippen molar-refractivity contribution in [2.24, 2.45) is 0 Å². The van der Waals surface area contributed by atoms with Crippen LogP contribution in [0.25, 0.3) is 5.82 Å². The van der Waals surface area contributed by atoms with E-state index in [1.165, 1.54) is 29.4 Å². The molecular formula is C18H21F3N4O4. The van der Waals surface area contributed by atoms with Gasteiger partial charge in [0.25, 0.3) is 0 Å². The Bertz CT molecular complexity index is 861. The second-order valence-corrected chi connectivity index (χ2v) is 6.91. The minimum absolute atomic E-state index is 0.0470. The predicted molar refractivity (Wildman–Crippen MR) is 96.6 cm³/mol. The molecule has 0 aliphatic carbocycles. The molecule has 11 heteroatoms. The third-order valence-electron chi connectivity index (χ3n) is 3.37. The monoisotopic (exact) mass is 414 g/mol. The number of esters is 1. The first-order valence-electron chi connectivity index (χ1n) is 8.64. The van der Waals surface area contributed by atoms with Crippen molar-refractivity contribution in [1.82, 2.24) is 14.5 Å². The van der Waals surface area contributed by atoms with Crippen LogP contribution in [0.5, 0.6) is 0 Å². The van der Waals surface area contributed by atoms with Gasteiger partial charge in [0.1, 0.15) is 30.0 Å². The van der Waals surface area contributed by atoms with E-state index in [9.17, 15) is 22.8 Å². The van der Waals surface area contributed by atoms with Crippen LogP contribution in [0.3, 0.4) is 0 Å². The van der Waals surface area contributed by atoms with Gasteiger partial charge < -0.3 is 9.47 Å². The molecule has 0 N–H and O–H groups in total. The molecule has 0 fully saturated rings. The van der Waals surface area contributed by atoms with Crippen LogP contribution in [-0.4, -0.2) is 45.4 Å². The lowest BCUT2D eigenvalue weighted by Gasteiger charge is -2.27. The Labute approximate surface area is 165 Å². The third-order valence-corrected chi connectivity index (χ3v) is 3.37. The summed E-state index contributed by atoms with van der Waals surface area (Å²) in [5, 5.41) is 0. The molecule has 1 amide bonds. The Balaban J connectivity index is 2.56. The van der Waals surface area contributed by atoms with E-state index in [4.69, 9.17) is 9.47 Å². The number of carbonyl (C=O) groups is 2. The van der Waals surface area contributed by atoms with Crippen molar-refractivity contribution in [2.75, 3.05) is 18.1 Å². The first-order chi connectivity index (χ1) is 13.4. The van der Waals surface area contributed by atoms with Crippen LogP contribution >= 0.6 is 0 Å². The number of anilines is 1. The second-order valence-electron chi connectivity index (χ2n) is 6.91. The van der Waals surface area contributed by atoms with E-state index in [0.29, 0.717) is 6.07 Å². The fraction of sp³-hybridized carbons (Fsp3) is 0.444. The van der Waals surface area contributed by atoms with E-state index in [-0.39, 0.29) is 18.1 Å². The molecule has 0 aliphatic heterocycles. The number of alkyl halides is 3. The molecule has 2 rings (SSSR count). The van der Waals surface area contributed by atoms with Gasteiger partial charge in [0.15, 0.2) is 0 Å². The third kappa shape index (κ3) is 6.19. The number of carbonyl (C=O) groups excluding carboxylic acids is 2. The normalized spacial score (nSPS) is 11.8. The number of hydrogen-bond acceptors (Lipinski definition) is 6. The minimum Gasteiger partial charge on any atom is -0.465 e. The number of halogens is 3. The topological polar surface area (TPSA) is 86.5 Å². The summed E-state index contributed by atoms with van der Waals surface area (Å²) in [5.41, 5.74) is -2.40. The Hall–Kier alpha value is -3.11. The zero-order chi connectivity index (χ0) is 21.8. The highest BCUT2D eigenvalue weighted by atomic mass is 19.4. The highest BCUT2D eigenvalue weighted by Gasteiger charge is 2.35. The zero-order valence-corrected chi connectivity index (χ0v) is 16.4. The van der Waals surface area contributed by atoms with Gasteiger partial charge in [-0.05, 0) is 33.8 Å². The lowest BCUT2D eigenvalue weighted by molar-refractivity contribution is -0.141. The van der Waals surface area contributed by atoms with E-state index in [2.05, 4.69) is 9.97 Å². The number of amides is 1. The van der Waals surface area contributed by atoms with E-state index >= 15 is 0 Å². The second kappa shape index (κ2) is 8.50. The Morgan fingerprint density at radius 1 is 1.21 bits per heavy atom. The number of pyridine rings is 1. The Morgan fingerprint density at radius 2 is 1.90 bits per heavy atom. The average molecular weight is 414 g/mol. The largest absolute Gasteiger partial charge is 0.465 e. The number of aromatic nitrogens is 3. The van der Waals surface area contributed by atoms with Crippen molar-refractivity contribution in [1.29, 1.82) is 0 Å². The molecule has 0 atom stereocenters. The predicted octanol–water partition coefficient (Wildman–Crippen LogP) is 3.59. The van der Waals surface area contributed by atoms with Crippen LogP contribution in [0.2, 0.25) is 0 Å². The molecule has 0 spiro atoms. The number of ether oxygens (including phenoxy) is 2. The van der Waals surface area contributed by atoms with Gasteiger partial charge in [0.2, 0.25) is 0 Å². The quantitative estimate of drug-likeness (QED) is 0.695. The van der Waals surface area contributed by atoms with Crippen molar-refractivity contribution in [2.45, 2.75) is 39.5 Å². The highest BCUT2D eigenvalue weighted by molar-refractivity contribution is 5.93. The smallest absolute Gasteiger partial charge is 0.433 e. The molecule has 0 saturated heterocycles. The van der Waals surface area contributed by atoms with Crippen LogP contribution in [0.15, 0.2) is 30.9 Å². The molecule has 2 heterocycles. The highest BCUT2D eigenvalue weighted by Crippen LogP contribution is 2.32. The van der Waals surface area contributed by atoms with E-state index in [1.54, 1.807) is 27.7 Å². The van der Waals surface area contributed by atoms with Crippen molar-refractivity contribution in [3.8, 4) is 5.82 Å². The van der Waals surface area contributed by atoms with Gasteiger partial charge in [-0.15, -0.1) is 0 Å². The van der Waals surface area contributed by atoms with Gasteiger partial charge in [0.05, 0.1) is 12.3 Å². The number of rotatable bonds is 5. The molecule has 2 aromatic heterocycles. The molecule has 0 aliphatic rings. The Kier molecular flexibility index (Phi) is 6.50. The maximum Gasteiger partial charge on any atom is 0.433 e. The maximum absolute atomic E-state index is 13.4. The van der Waals surface area contributed by atoms with Crippen molar-refractivity contribution in [3.05, 3.63) is 36.5 Å². The zero-order valence-electron chi connectivity index (χ0n) is 16.4. The minimum atomic E-state index is -4.78. The molecule has 0 unspecified atom stereocenters. The van der Waals surface area contributed by atoms with Crippen LogP contribution in [0.1, 0.15) is 33.4 Å². The molecular weight excluding hydrogens is 393 g/mol. The molecule has 158 valence electrons. The number of nitrogens with zero attached hydrogens (tertiary/aromatic N) is 4. The van der Waals surface area contributed by atoms with Crippen molar-refractivity contribution in [3.63, 3.8) is 0 Å². The van der Waals surface area contributed by atoms with Gasteiger partial charge in [0, 0.05) is 18.5 Å². The molecule has 0 radical (unpaired) electrons. The van der Waals surface area contributed by atoms with Crippen LogP contribution in [-0.2, 0) is 20.4 Å². The van der Waals surface area contributed by atoms with Gasteiger partial charge in [-0.1, -0.05) is 0 Å². The number of imidazole rings is 1. The lowest BCUT2D eigenvalue weighted by atomic mass is 10.2. The summed E-state index contributed by atoms with van der Waals surface area (Å²) in [6.45, 7) is 5.77. The number of hydrogen-bond donors (Lipinski definition) is 0. The van der Waals surface area contributed by atoms with Crippen LogP contribution in [0.4, 0.5) is 23.7 Å². The average Bonchev–Trinajstić information content (AvgIpc) is 3.12. The molecule has 0 bridgehead atoms. The van der Waals surface area contributed by atoms with Gasteiger partial charge in [-0.25, -0.2) is 14.8 Å². The summed E-state index contributed by atoms with van der Waals surface area (Å²) in [7, 11) is 0. The van der Waals surface area contributed by atoms with E-state index in [0.717, 1.165) is 4.90 Å². The lowest BCUT2D eigenvalue weighted by Crippen LogP contribution is -2.40. The molecule has 0 saturated carbocycles. The first kappa shape index (κ1) is 22.2. The van der Waals surface area contributed by atoms with Crippen LogP contribution < -0.4 is 4.90 Å². The first-order valence-corrected chi connectivity index (χ1v) is 8.64. The fourth-order valence-corrected chi connectivity index (χ4v) is 2.24. The van der Waals surface area contributed by atoms with Gasteiger partial charge in [-0.2, -0.15) is 13.2 Å². The van der Waals surface area contributed by atoms with Crippen molar-refractivity contribution < 1.29 is 32.2 Å². The molecule has 2 aromatic rings. The van der Waals surface area contributed by atoms with E-state index in [1.807, 2.05) is 0 Å². The van der Waals surface area contributed by atoms with E-state index < -0.39 is 36.1 Å². The molecule has 8 nitrogen and oxygen atoms in total. The maximum atomic E-state index is 13.4. The SMILES string of the molecule is CCOC(=O)CN(C(=O)OC(C)(C)C)c1cc(-n2ccnc2)nc(C(F)(F)F)c1. The summed E-state index contributed by atoms with van der Waals surface area (Å²) in [5.74, 6) is -0.933. The fourth-order valence-electron chi connectivity index (χ4n) is 2.24. The van der Waals surface area contributed by atoms with Gasteiger partial charge in [-0.3, -0.25) is 14.3 Å². The summed E-state index contributed by atoms with van der Waals surface area (Å²) in [4.78, 5) is 32.7. The van der Waals surface area contributed by atoms with Crippen molar-refractivity contribution >= 4 is 17.7 Å². The van der Waals surface area contributed by atoms with Crippen LogP contribution in [0, 0.1) is 0 Å². The summed E-state index contributed by atoms with van der Waals surface area (Å²) in [6, 6.07) is 1.89. The van der Waals surface area contributed by atoms with Gasteiger partial charge >= 0.3 is 18.2 Å². The molecule has 0 aromatic carbocycles. The molecule has 29 heavy (non-hydrogen) atoms. The standard InChI is InChI=1S/C18H21F3N4O4/c1-5-28-15(26)10-25(16(27)29-17(2,3)4)12-8-13(18(19,20)21)23-14(9-12)24-7-6-22-11-24/h6-9,11H,5,10H2,1-4H3. The Morgan fingerprint density at radius 3 is 2.41 bits per heavy atom. The summed E-state index contributed by atoms with van der Waals surface area (Å²) < 4.78 is 51.5. The summed E-state index contributed by atoms with van der Waals surface area (Å²) in [6.07, 6.45) is -1.76. The summed E-state index contributed by atoms with van der Waals surface area (Å²) >= 11 is 0.